The van der Waals surface area contributed by atoms with Crippen LogP contribution < -0.4 is 11.1 Å². The minimum atomic E-state index is -0.190. The maximum absolute atomic E-state index is 10.4. The Hall–Kier alpha value is -0.570. The maximum Gasteiger partial charge on any atom is 0.217 e. The summed E-state index contributed by atoms with van der Waals surface area (Å²) >= 11 is 0. The van der Waals surface area contributed by atoms with Crippen LogP contribution >= 0.6 is 0 Å². The van der Waals surface area contributed by atoms with Crippen molar-refractivity contribution in [3.8, 4) is 0 Å². The van der Waals surface area contributed by atoms with Crippen molar-refractivity contribution < 1.29 is 4.79 Å². The lowest BCUT2D eigenvalue weighted by Gasteiger charge is -2.10. The van der Waals surface area contributed by atoms with Gasteiger partial charge in [0.1, 0.15) is 0 Å². The Labute approximate surface area is 87.4 Å². The molecule has 1 amide bonds. The van der Waals surface area contributed by atoms with E-state index in [2.05, 4.69) is 19.2 Å². The van der Waals surface area contributed by atoms with E-state index in [4.69, 9.17) is 5.73 Å². The first-order chi connectivity index (χ1) is 6.66. The smallest absolute Gasteiger partial charge is 0.217 e. The molecule has 0 radical (unpaired) electrons. The second-order valence-electron chi connectivity index (χ2n) is 4.02. The number of nitrogens with one attached hydrogen (secondary N) is 1. The van der Waals surface area contributed by atoms with Crippen molar-refractivity contribution in [3.05, 3.63) is 0 Å². The molecule has 0 aromatic heterocycles. The van der Waals surface area contributed by atoms with Gasteiger partial charge < -0.3 is 11.1 Å². The fourth-order valence-corrected chi connectivity index (χ4v) is 1.49. The molecule has 14 heavy (non-hydrogen) atoms. The Morgan fingerprint density at radius 3 is 2.71 bits per heavy atom. The van der Waals surface area contributed by atoms with Gasteiger partial charge in [-0.2, -0.15) is 0 Å². The van der Waals surface area contributed by atoms with Crippen LogP contribution in [0.3, 0.4) is 0 Å². The minimum absolute atomic E-state index is 0.190. The van der Waals surface area contributed by atoms with Gasteiger partial charge >= 0.3 is 0 Å². The zero-order valence-corrected chi connectivity index (χ0v) is 9.51. The molecule has 0 saturated carbocycles. The normalized spacial score (nSPS) is 12.7. The predicted molar refractivity (Wildman–Crippen MR) is 60.0 cm³/mol. The van der Waals surface area contributed by atoms with Crippen molar-refractivity contribution in [1.82, 2.24) is 5.32 Å². The van der Waals surface area contributed by atoms with Gasteiger partial charge in [-0.3, -0.25) is 4.79 Å². The molecule has 0 rings (SSSR count). The van der Waals surface area contributed by atoms with Gasteiger partial charge in [0, 0.05) is 6.42 Å². The van der Waals surface area contributed by atoms with Crippen molar-refractivity contribution >= 4 is 5.91 Å². The molecule has 1 atom stereocenters. The first kappa shape index (κ1) is 13.4. The molecule has 3 heteroatoms. The summed E-state index contributed by atoms with van der Waals surface area (Å²) in [5, 5.41) is 3.39. The van der Waals surface area contributed by atoms with Crippen LogP contribution in [0.25, 0.3) is 0 Å². The van der Waals surface area contributed by atoms with E-state index in [-0.39, 0.29) is 5.91 Å². The van der Waals surface area contributed by atoms with Crippen molar-refractivity contribution in [2.45, 2.75) is 46.0 Å². The van der Waals surface area contributed by atoms with E-state index in [1.54, 1.807) is 0 Å². The minimum Gasteiger partial charge on any atom is -0.370 e. The van der Waals surface area contributed by atoms with Crippen molar-refractivity contribution in [2.75, 3.05) is 13.1 Å². The summed E-state index contributed by atoms with van der Waals surface area (Å²) in [5.41, 5.74) is 5.04. The van der Waals surface area contributed by atoms with E-state index in [1.165, 1.54) is 12.8 Å². The molecule has 0 aliphatic rings. The van der Waals surface area contributed by atoms with Gasteiger partial charge in [0.05, 0.1) is 0 Å². The van der Waals surface area contributed by atoms with E-state index in [0.717, 1.165) is 31.8 Å². The summed E-state index contributed by atoms with van der Waals surface area (Å²) in [6.07, 6.45) is 5.01. The van der Waals surface area contributed by atoms with Crippen LogP contribution in [0, 0.1) is 5.92 Å². The van der Waals surface area contributed by atoms with E-state index < -0.39 is 0 Å². The third kappa shape index (κ3) is 9.52. The number of hydrogen-bond acceptors (Lipinski definition) is 2. The highest BCUT2D eigenvalue weighted by Crippen LogP contribution is 2.02. The summed E-state index contributed by atoms with van der Waals surface area (Å²) in [6.45, 7) is 6.56. The number of nitrogens with two attached hydrogens (primary N) is 1. The van der Waals surface area contributed by atoms with Gasteiger partial charge in [0.2, 0.25) is 5.91 Å². The maximum atomic E-state index is 10.4. The first-order valence-corrected chi connectivity index (χ1v) is 5.65. The van der Waals surface area contributed by atoms with Gasteiger partial charge in [-0.25, -0.2) is 0 Å². The van der Waals surface area contributed by atoms with Gasteiger partial charge in [-0.1, -0.05) is 20.3 Å². The first-order valence-electron chi connectivity index (χ1n) is 5.65. The molecule has 0 aromatic carbocycles. The van der Waals surface area contributed by atoms with E-state index in [0.29, 0.717) is 6.42 Å². The molecule has 84 valence electrons. The summed E-state index contributed by atoms with van der Waals surface area (Å²) in [5.74, 6) is 0.570. The summed E-state index contributed by atoms with van der Waals surface area (Å²) in [4.78, 5) is 10.4. The highest BCUT2D eigenvalue weighted by molar-refractivity contribution is 5.73. The van der Waals surface area contributed by atoms with Crippen molar-refractivity contribution in [1.29, 1.82) is 0 Å². The molecule has 0 aliphatic carbocycles. The van der Waals surface area contributed by atoms with E-state index in [9.17, 15) is 4.79 Å². The average Bonchev–Trinajstić information content (AvgIpc) is 2.11. The second-order valence-corrected chi connectivity index (χ2v) is 4.02. The Balaban J connectivity index is 3.09. The molecule has 1 unspecified atom stereocenters. The number of hydrogen-bond donors (Lipinski definition) is 2. The van der Waals surface area contributed by atoms with Crippen LogP contribution in [-0.2, 0) is 4.79 Å². The number of primary amides is 1. The standard InChI is InChI=1S/C11H24N2O/c1-3-6-10(2)9-13-8-5-4-7-11(12)14/h10,13H,3-9H2,1-2H3,(H2,12,14). The second kappa shape index (κ2) is 9.00. The zero-order chi connectivity index (χ0) is 10.8. The van der Waals surface area contributed by atoms with Crippen molar-refractivity contribution in [2.24, 2.45) is 11.7 Å². The average molecular weight is 200 g/mol. The van der Waals surface area contributed by atoms with Gasteiger partial charge in [0.15, 0.2) is 0 Å². The molecule has 0 bridgehead atoms. The quantitative estimate of drug-likeness (QED) is 0.556. The molecule has 0 aliphatic heterocycles. The summed E-state index contributed by atoms with van der Waals surface area (Å²) in [6, 6.07) is 0. The van der Waals surface area contributed by atoms with Crippen LogP contribution in [-0.4, -0.2) is 19.0 Å². The molecule has 0 fully saturated rings. The number of rotatable bonds is 9. The molecule has 0 aromatic rings. The fourth-order valence-electron chi connectivity index (χ4n) is 1.49. The molecule has 3 nitrogen and oxygen atoms in total. The van der Waals surface area contributed by atoms with Crippen LogP contribution in [0.2, 0.25) is 0 Å². The predicted octanol–water partition coefficient (Wildman–Crippen LogP) is 1.67. The van der Waals surface area contributed by atoms with Gasteiger partial charge in [0.25, 0.3) is 0 Å². The Morgan fingerprint density at radius 1 is 1.43 bits per heavy atom. The Morgan fingerprint density at radius 2 is 2.14 bits per heavy atom. The van der Waals surface area contributed by atoms with Crippen LogP contribution in [0.5, 0.6) is 0 Å². The van der Waals surface area contributed by atoms with E-state index in [1.807, 2.05) is 0 Å². The number of carbonyl (C=O) groups is 1. The number of amides is 1. The zero-order valence-electron chi connectivity index (χ0n) is 9.51. The molecular formula is C11H24N2O. The summed E-state index contributed by atoms with van der Waals surface area (Å²) in [7, 11) is 0. The molecule has 3 N–H and O–H groups in total. The molecule has 0 heterocycles. The van der Waals surface area contributed by atoms with Crippen LogP contribution in [0.1, 0.15) is 46.0 Å². The fraction of sp³-hybridized carbons (Fsp3) is 0.909. The van der Waals surface area contributed by atoms with Gasteiger partial charge in [-0.05, 0) is 38.3 Å². The monoisotopic (exact) mass is 200 g/mol. The lowest BCUT2D eigenvalue weighted by Crippen LogP contribution is -2.22. The third-order valence-corrected chi connectivity index (χ3v) is 2.30. The summed E-state index contributed by atoms with van der Waals surface area (Å²) < 4.78 is 0. The van der Waals surface area contributed by atoms with Crippen molar-refractivity contribution in [3.63, 3.8) is 0 Å². The van der Waals surface area contributed by atoms with Gasteiger partial charge in [-0.15, -0.1) is 0 Å². The highest BCUT2D eigenvalue weighted by atomic mass is 16.1. The van der Waals surface area contributed by atoms with Crippen LogP contribution in [0.15, 0.2) is 0 Å². The number of carbonyl (C=O) groups excluding carboxylic acids is 1. The topological polar surface area (TPSA) is 55.1 Å². The molecule has 0 spiro atoms. The number of unbranched alkanes of at least 4 members (excludes halogenated alkanes) is 1. The SMILES string of the molecule is CCCC(C)CNCCCCC(N)=O. The van der Waals surface area contributed by atoms with E-state index >= 15 is 0 Å². The lowest BCUT2D eigenvalue weighted by molar-refractivity contribution is -0.118. The largest absolute Gasteiger partial charge is 0.370 e. The highest BCUT2D eigenvalue weighted by Gasteiger charge is 1.99. The Bertz CT molecular complexity index is 148. The lowest BCUT2D eigenvalue weighted by atomic mass is 10.1. The molecular weight excluding hydrogens is 176 g/mol. The van der Waals surface area contributed by atoms with Crippen LogP contribution in [0.4, 0.5) is 0 Å². The third-order valence-electron chi connectivity index (χ3n) is 2.30. The molecule has 0 saturated heterocycles. The Kier molecular flexibility index (Phi) is 8.64.